The molecule has 0 saturated heterocycles. The van der Waals surface area contributed by atoms with Crippen LogP contribution in [0.25, 0.3) is 22.3 Å². The molecule has 4 aromatic carbocycles. The van der Waals surface area contributed by atoms with E-state index in [0.717, 1.165) is 59.9 Å². The third-order valence-corrected chi connectivity index (χ3v) is 9.48. The Morgan fingerprint density at radius 1 is 0.646 bits per heavy atom. The van der Waals surface area contributed by atoms with E-state index in [2.05, 4.69) is 17.0 Å². The summed E-state index contributed by atoms with van der Waals surface area (Å²) >= 11 is 0. The van der Waals surface area contributed by atoms with Gasteiger partial charge < -0.3 is 15.7 Å². The van der Waals surface area contributed by atoms with E-state index in [1.807, 2.05) is 36.4 Å². The molecule has 5 rings (SSSR count). The van der Waals surface area contributed by atoms with Crippen LogP contribution in [0.4, 0.5) is 0 Å². The highest BCUT2D eigenvalue weighted by Crippen LogP contribution is 2.24. The van der Waals surface area contributed by atoms with Gasteiger partial charge in [0.1, 0.15) is 5.82 Å². The fraction of sp³-hybridized carbons (Fsp3) is 0.243. The number of sulfone groups is 1. The van der Waals surface area contributed by atoms with Gasteiger partial charge in [-0.15, -0.1) is 5.10 Å². The van der Waals surface area contributed by atoms with Crippen LogP contribution < -0.4 is 0 Å². The summed E-state index contributed by atoms with van der Waals surface area (Å²) < 4.78 is 28.7. The molecule has 0 aliphatic rings. The molecule has 250 valence electrons. The zero-order chi connectivity index (χ0) is 33.4. The molecule has 48 heavy (non-hydrogen) atoms. The van der Waals surface area contributed by atoms with E-state index in [1.165, 1.54) is 12.1 Å². The Hall–Kier alpha value is -5.13. The number of nitrogens with zero attached hydrogens (tertiary/aromatic N) is 3. The van der Waals surface area contributed by atoms with Crippen molar-refractivity contribution in [3.8, 4) is 22.3 Å². The van der Waals surface area contributed by atoms with Gasteiger partial charge in [-0.2, -0.15) is 0 Å². The highest BCUT2D eigenvalue weighted by Gasteiger charge is 2.23. The van der Waals surface area contributed by atoms with Crippen LogP contribution in [-0.4, -0.2) is 50.8 Å². The number of carboxylic acids is 2. The number of aromatic nitrogens is 3. The lowest BCUT2D eigenvalue weighted by Crippen LogP contribution is -2.09. The van der Waals surface area contributed by atoms with Gasteiger partial charge >= 0.3 is 11.9 Å². The van der Waals surface area contributed by atoms with Gasteiger partial charge in [-0.1, -0.05) is 105 Å². The summed E-state index contributed by atoms with van der Waals surface area (Å²) in [5, 5.41) is 22.6. The first kappa shape index (κ1) is 35.7. The quantitative estimate of drug-likeness (QED) is 0.116. The van der Waals surface area contributed by atoms with Crippen molar-refractivity contribution in [2.24, 2.45) is 0 Å². The summed E-state index contributed by atoms with van der Waals surface area (Å²) in [4.78, 5) is 26.9. The lowest BCUT2D eigenvalue weighted by atomic mass is 10.0. The fourth-order valence-corrected chi connectivity index (χ4v) is 6.57. The number of rotatable bonds is 15. The second kappa shape index (κ2) is 16.1. The number of carbonyl (C=O) groups is 2. The summed E-state index contributed by atoms with van der Waals surface area (Å²) in [6, 6.07) is 28.2. The molecule has 4 N–H and O–H groups in total. The Balaban J connectivity index is 0.00000520. The summed E-state index contributed by atoms with van der Waals surface area (Å²) in [5.41, 5.74) is 5.47. The van der Waals surface area contributed by atoms with Crippen molar-refractivity contribution in [3.63, 3.8) is 0 Å². The predicted octanol–water partition coefficient (Wildman–Crippen LogP) is 6.72. The average molecular weight is 670 g/mol. The molecule has 0 aliphatic carbocycles. The molecule has 11 heteroatoms. The number of carboxylic acid groups (broad SMARTS) is 2. The largest absolute Gasteiger partial charge is 0.478 e. The molecule has 0 bridgehead atoms. The van der Waals surface area contributed by atoms with Crippen molar-refractivity contribution in [1.82, 2.24) is 14.8 Å². The van der Waals surface area contributed by atoms with E-state index in [9.17, 15) is 18.0 Å². The van der Waals surface area contributed by atoms with E-state index < -0.39 is 21.8 Å². The zero-order valence-corrected chi connectivity index (χ0v) is 27.5. The summed E-state index contributed by atoms with van der Waals surface area (Å²) in [6.07, 6.45) is 5.95. The minimum Gasteiger partial charge on any atom is -0.478 e. The normalized spacial score (nSPS) is 11.2. The Bertz CT molecular complexity index is 1930. The average Bonchev–Trinajstić information content (AvgIpc) is 3.48. The number of aromatic carboxylic acids is 2. The topological polar surface area (TPSA) is 171 Å². The third-order valence-electron chi connectivity index (χ3n) is 8.04. The number of unbranched alkanes of at least 4 members (excludes halogenated alkanes) is 4. The standard InChI is InChI=1S/C37H37N3O6S.H2O/c1-2-3-4-5-6-7-34-38-37(39-40(34)24-26-8-12-28(13-9-26)30-16-20-32(21-17-30)35(41)42)47(45,46)25-27-10-14-29(15-11-27)31-18-22-33(23-19-31)36(43)44;/h8-23H,2-7,24-25H2,1H3,(H,41,42)(H,43,44);1H2. The second-order valence-electron chi connectivity index (χ2n) is 11.6. The molecule has 0 radical (unpaired) electrons. The maximum Gasteiger partial charge on any atom is 0.335 e. The van der Waals surface area contributed by atoms with E-state index >= 15 is 0 Å². The maximum atomic E-state index is 13.5. The Labute approximate surface area is 280 Å². The Kier molecular flexibility index (Phi) is 12.0. The second-order valence-corrected chi connectivity index (χ2v) is 13.4. The van der Waals surface area contributed by atoms with Crippen molar-refractivity contribution in [3.05, 3.63) is 125 Å². The van der Waals surface area contributed by atoms with Crippen molar-refractivity contribution < 1.29 is 33.7 Å². The molecule has 0 unspecified atom stereocenters. The van der Waals surface area contributed by atoms with Crippen LogP contribution in [0, 0.1) is 0 Å². The SMILES string of the molecule is CCCCCCCc1nc(S(=O)(=O)Cc2ccc(-c3ccc(C(=O)O)cc3)cc2)nn1Cc1ccc(-c2ccc(C(=O)O)cc2)cc1.O. The van der Waals surface area contributed by atoms with Gasteiger partial charge in [-0.05, 0) is 64.1 Å². The van der Waals surface area contributed by atoms with Crippen LogP contribution >= 0.6 is 0 Å². The van der Waals surface area contributed by atoms with Crippen LogP contribution in [0.15, 0.2) is 102 Å². The van der Waals surface area contributed by atoms with Crippen molar-refractivity contribution in [2.75, 3.05) is 0 Å². The molecule has 1 heterocycles. The molecular weight excluding hydrogens is 630 g/mol. The van der Waals surface area contributed by atoms with Gasteiger partial charge in [0.15, 0.2) is 0 Å². The van der Waals surface area contributed by atoms with Crippen LogP contribution in [0.2, 0.25) is 0 Å². The smallest absolute Gasteiger partial charge is 0.335 e. The first-order chi connectivity index (χ1) is 22.6. The van der Waals surface area contributed by atoms with Gasteiger partial charge in [0, 0.05) is 6.42 Å². The predicted molar refractivity (Wildman–Crippen MR) is 184 cm³/mol. The Morgan fingerprint density at radius 3 is 1.54 bits per heavy atom. The van der Waals surface area contributed by atoms with Gasteiger partial charge in [-0.25, -0.2) is 27.7 Å². The van der Waals surface area contributed by atoms with Crippen molar-refractivity contribution in [1.29, 1.82) is 0 Å². The number of benzene rings is 4. The van der Waals surface area contributed by atoms with Crippen LogP contribution in [0.1, 0.15) is 76.7 Å². The number of aryl methyl sites for hydroxylation is 1. The highest BCUT2D eigenvalue weighted by molar-refractivity contribution is 7.90. The molecule has 0 aliphatic heterocycles. The lowest BCUT2D eigenvalue weighted by molar-refractivity contribution is 0.0686. The highest BCUT2D eigenvalue weighted by atomic mass is 32.2. The molecular formula is C37H39N3O7S. The zero-order valence-electron chi connectivity index (χ0n) is 26.7. The van der Waals surface area contributed by atoms with Crippen LogP contribution in [0.5, 0.6) is 0 Å². The number of hydrogen-bond acceptors (Lipinski definition) is 6. The molecule has 0 atom stereocenters. The van der Waals surface area contributed by atoms with E-state index in [0.29, 0.717) is 24.4 Å². The Morgan fingerprint density at radius 2 is 1.08 bits per heavy atom. The molecule has 0 fully saturated rings. The van der Waals surface area contributed by atoms with Crippen molar-refractivity contribution >= 4 is 21.8 Å². The lowest BCUT2D eigenvalue weighted by Gasteiger charge is -2.08. The first-order valence-corrected chi connectivity index (χ1v) is 17.3. The van der Waals surface area contributed by atoms with Gasteiger partial charge in [-0.3, -0.25) is 0 Å². The van der Waals surface area contributed by atoms with E-state index in [1.54, 1.807) is 53.2 Å². The summed E-state index contributed by atoms with van der Waals surface area (Å²) in [7, 11) is -3.84. The molecule has 5 aromatic rings. The van der Waals surface area contributed by atoms with Gasteiger partial charge in [0.2, 0.25) is 9.84 Å². The monoisotopic (exact) mass is 669 g/mol. The summed E-state index contributed by atoms with van der Waals surface area (Å²) in [5.74, 6) is -1.58. The van der Waals surface area contributed by atoms with Gasteiger partial charge in [0.25, 0.3) is 5.16 Å². The third kappa shape index (κ3) is 9.02. The van der Waals surface area contributed by atoms with Crippen molar-refractivity contribution in [2.45, 2.75) is 62.9 Å². The maximum absolute atomic E-state index is 13.5. The van der Waals surface area contributed by atoms with Crippen LogP contribution in [-0.2, 0) is 28.6 Å². The molecule has 0 spiro atoms. The molecule has 0 amide bonds. The molecule has 10 nitrogen and oxygen atoms in total. The minimum absolute atomic E-state index is 0. The fourth-order valence-electron chi connectivity index (χ4n) is 5.34. The summed E-state index contributed by atoms with van der Waals surface area (Å²) in [6.45, 7) is 2.52. The first-order valence-electron chi connectivity index (χ1n) is 15.6. The van der Waals surface area contributed by atoms with E-state index in [-0.39, 0.29) is 27.5 Å². The molecule has 0 saturated carbocycles. The minimum atomic E-state index is -3.84. The number of hydrogen-bond donors (Lipinski definition) is 2. The van der Waals surface area contributed by atoms with Crippen LogP contribution in [0.3, 0.4) is 0 Å². The van der Waals surface area contributed by atoms with E-state index in [4.69, 9.17) is 10.2 Å². The molecule has 1 aromatic heterocycles. The van der Waals surface area contributed by atoms with Gasteiger partial charge in [0.05, 0.1) is 23.4 Å².